The highest BCUT2D eigenvalue weighted by Crippen LogP contribution is 2.50. The van der Waals surface area contributed by atoms with Crippen molar-refractivity contribution in [1.82, 2.24) is 0 Å². The van der Waals surface area contributed by atoms with Crippen molar-refractivity contribution in [3.63, 3.8) is 0 Å². The molecule has 1 fully saturated rings. The number of methoxy groups -OCH3 is 2. The largest absolute Gasteiger partial charge is 0.496 e. The van der Waals surface area contributed by atoms with E-state index in [9.17, 15) is 0 Å². The second-order valence-corrected chi connectivity index (χ2v) is 5.42. The van der Waals surface area contributed by atoms with E-state index >= 15 is 0 Å². The van der Waals surface area contributed by atoms with Gasteiger partial charge in [0.25, 0.3) is 0 Å². The Morgan fingerprint density at radius 1 is 1.35 bits per heavy atom. The first-order chi connectivity index (χ1) is 8.16. The van der Waals surface area contributed by atoms with E-state index in [-0.39, 0.29) is 5.41 Å². The molecule has 0 unspecified atom stereocenters. The summed E-state index contributed by atoms with van der Waals surface area (Å²) in [7, 11) is 3.38. The molecule has 3 nitrogen and oxygen atoms in total. The van der Waals surface area contributed by atoms with Crippen molar-refractivity contribution in [1.29, 1.82) is 0 Å². The molecule has 0 amide bonds. The number of hydrogen-bond acceptors (Lipinski definition) is 3. The third kappa shape index (κ3) is 2.34. The zero-order chi connectivity index (χ0) is 12.5. The van der Waals surface area contributed by atoms with E-state index in [0.29, 0.717) is 13.2 Å². The van der Waals surface area contributed by atoms with Crippen LogP contribution in [0.15, 0.2) is 16.6 Å². The Kier molecular flexibility index (Phi) is 3.76. The quantitative estimate of drug-likeness (QED) is 0.909. The van der Waals surface area contributed by atoms with Gasteiger partial charge in [-0.3, -0.25) is 0 Å². The molecule has 1 saturated carbocycles. The van der Waals surface area contributed by atoms with Crippen LogP contribution in [0.1, 0.15) is 24.0 Å². The summed E-state index contributed by atoms with van der Waals surface area (Å²) in [5.41, 5.74) is 8.55. The van der Waals surface area contributed by atoms with Gasteiger partial charge in [0.1, 0.15) is 5.75 Å². The smallest absolute Gasteiger partial charge is 0.133 e. The van der Waals surface area contributed by atoms with Gasteiger partial charge in [-0.1, -0.05) is 0 Å². The molecule has 1 aromatic rings. The van der Waals surface area contributed by atoms with Gasteiger partial charge in [0, 0.05) is 19.1 Å². The maximum Gasteiger partial charge on any atom is 0.133 e. The van der Waals surface area contributed by atoms with E-state index in [4.69, 9.17) is 15.2 Å². The summed E-state index contributed by atoms with van der Waals surface area (Å²) in [6.07, 6.45) is 2.33. The Hall–Kier alpha value is -0.580. The monoisotopic (exact) mass is 299 g/mol. The highest BCUT2D eigenvalue weighted by atomic mass is 79.9. The maximum absolute atomic E-state index is 5.90. The van der Waals surface area contributed by atoms with E-state index in [1.54, 1.807) is 14.2 Å². The fourth-order valence-corrected chi connectivity index (χ4v) is 2.76. The van der Waals surface area contributed by atoms with Gasteiger partial charge in [-0.25, -0.2) is 0 Å². The lowest BCUT2D eigenvalue weighted by molar-refractivity contribution is 0.183. The predicted octanol–water partition coefficient (Wildman–Crippen LogP) is 2.59. The Balaban J connectivity index is 2.46. The molecule has 0 saturated heterocycles. The lowest BCUT2D eigenvalue weighted by Gasteiger charge is -2.19. The van der Waals surface area contributed by atoms with Crippen LogP contribution >= 0.6 is 15.9 Å². The topological polar surface area (TPSA) is 44.5 Å². The summed E-state index contributed by atoms with van der Waals surface area (Å²) in [4.78, 5) is 0. The molecule has 17 heavy (non-hydrogen) atoms. The fraction of sp³-hybridized carbons (Fsp3) is 0.538. The van der Waals surface area contributed by atoms with Gasteiger partial charge >= 0.3 is 0 Å². The van der Waals surface area contributed by atoms with Gasteiger partial charge < -0.3 is 15.2 Å². The minimum absolute atomic E-state index is 0.169. The van der Waals surface area contributed by atoms with Crippen LogP contribution in [-0.2, 0) is 16.8 Å². The molecule has 1 aromatic carbocycles. The van der Waals surface area contributed by atoms with E-state index in [0.717, 1.165) is 10.2 Å². The summed E-state index contributed by atoms with van der Waals surface area (Å²) in [6.45, 7) is 1.29. The van der Waals surface area contributed by atoms with Gasteiger partial charge in [0.15, 0.2) is 0 Å². The zero-order valence-electron chi connectivity index (χ0n) is 10.3. The van der Waals surface area contributed by atoms with Crippen molar-refractivity contribution in [3.05, 3.63) is 27.7 Å². The van der Waals surface area contributed by atoms with Crippen molar-refractivity contribution >= 4 is 15.9 Å². The number of rotatable bonds is 5. The van der Waals surface area contributed by atoms with Crippen molar-refractivity contribution in [3.8, 4) is 5.75 Å². The molecule has 0 aliphatic heterocycles. The second kappa shape index (κ2) is 4.96. The summed E-state index contributed by atoms with van der Waals surface area (Å²) in [5.74, 6) is 0.841. The lowest BCUT2D eigenvalue weighted by Crippen LogP contribution is -2.21. The average molecular weight is 300 g/mol. The molecule has 1 aliphatic carbocycles. The van der Waals surface area contributed by atoms with Crippen LogP contribution < -0.4 is 10.5 Å². The Morgan fingerprint density at radius 2 is 2.06 bits per heavy atom. The minimum atomic E-state index is 0.169. The summed E-state index contributed by atoms with van der Waals surface area (Å²) < 4.78 is 11.6. The molecular weight excluding hydrogens is 282 g/mol. The van der Waals surface area contributed by atoms with Crippen LogP contribution in [0.2, 0.25) is 0 Å². The van der Waals surface area contributed by atoms with Gasteiger partial charge in [-0.15, -0.1) is 0 Å². The SMILES string of the molecule is COCc1cc(OC)c(Br)cc1C1(CN)CC1. The molecule has 0 bridgehead atoms. The van der Waals surface area contributed by atoms with E-state index in [1.807, 2.05) is 6.07 Å². The third-order valence-electron chi connectivity index (χ3n) is 3.49. The van der Waals surface area contributed by atoms with Gasteiger partial charge in [0.2, 0.25) is 0 Å². The number of halogens is 1. The first-order valence-electron chi connectivity index (χ1n) is 5.73. The lowest BCUT2D eigenvalue weighted by atomic mass is 9.91. The van der Waals surface area contributed by atoms with Crippen molar-refractivity contribution in [2.45, 2.75) is 24.9 Å². The van der Waals surface area contributed by atoms with Crippen LogP contribution in [0, 0.1) is 0 Å². The molecule has 4 heteroatoms. The number of benzene rings is 1. The Morgan fingerprint density at radius 3 is 2.53 bits per heavy atom. The fourth-order valence-electron chi connectivity index (χ4n) is 2.25. The van der Waals surface area contributed by atoms with Gasteiger partial charge in [-0.2, -0.15) is 0 Å². The van der Waals surface area contributed by atoms with E-state index < -0.39 is 0 Å². The molecule has 0 heterocycles. The minimum Gasteiger partial charge on any atom is -0.496 e. The highest BCUT2D eigenvalue weighted by molar-refractivity contribution is 9.10. The first-order valence-corrected chi connectivity index (χ1v) is 6.52. The molecule has 0 radical (unpaired) electrons. The zero-order valence-corrected chi connectivity index (χ0v) is 11.8. The third-order valence-corrected chi connectivity index (χ3v) is 4.11. The standard InChI is InChI=1S/C13H18BrNO2/c1-16-7-9-5-12(17-2)11(14)6-10(9)13(8-15)3-4-13/h5-6H,3-4,7-8,15H2,1-2H3. The molecule has 0 atom stereocenters. The van der Waals surface area contributed by atoms with E-state index in [2.05, 4.69) is 22.0 Å². The Bertz CT molecular complexity index is 416. The van der Waals surface area contributed by atoms with Crippen molar-refractivity contribution in [2.75, 3.05) is 20.8 Å². The number of ether oxygens (including phenoxy) is 2. The summed E-state index contributed by atoms with van der Waals surface area (Å²) >= 11 is 3.54. The van der Waals surface area contributed by atoms with Crippen LogP contribution in [-0.4, -0.2) is 20.8 Å². The highest BCUT2D eigenvalue weighted by Gasteiger charge is 2.44. The van der Waals surface area contributed by atoms with Gasteiger partial charge in [-0.05, 0) is 52.0 Å². The Labute approximate surface area is 110 Å². The number of hydrogen-bond donors (Lipinski definition) is 1. The molecule has 0 spiro atoms. The number of nitrogens with two attached hydrogens (primary N) is 1. The first kappa shape index (κ1) is 12.9. The normalized spacial score (nSPS) is 16.9. The molecule has 94 valence electrons. The molecule has 2 rings (SSSR count). The maximum atomic E-state index is 5.90. The molecule has 0 aromatic heterocycles. The van der Waals surface area contributed by atoms with Crippen LogP contribution in [0.4, 0.5) is 0 Å². The summed E-state index contributed by atoms with van der Waals surface area (Å²) in [6, 6.07) is 4.17. The van der Waals surface area contributed by atoms with Crippen LogP contribution in [0.5, 0.6) is 5.75 Å². The van der Waals surface area contributed by atoms with Crippen molar-refractivity contribution < 1.29 is 9.47 Å². The summed E-state index contributed by atoms with van der Waals surface area (Å²) in [5, 5.41) is 0. The van der Waals surface area contributed by atoms with Gasteiger partial charge in [0.05, 0.1) is 18.2 Å². The second-order valence-electron chi connectivity index (χ2n) is 4.56. The molecule has 1 aliphatic rings. The van der Waals surface area contributed by atoms with Crippen LogP contribution in [0.25, 0.3) is 0 Å². The van der Waals surface area contributed by atoms with Crippen molar-refractivity contribution in [2.24, 2.45) is 5.73 Å². The van der Waals surface area contributed by atoms with E-state index in [1.165, 1.54) is 24.0 Å². The molecular formula is C13H18BrNO2. The average Bonchev–Trinajstić information content (AvgIpc) is 3.12. The molecule has 2 N–H and O–H groups in total. The predicted molar refractivity (Wildman–Crippen MR) is 71.4 cm³/mol. The van der Waals surface area contributed by atoms with Crippen LogP contribution in [0.3, 0.4) is 0 Å².